The third kappa shape index (κ3) is 6.69. The Hall–Kier alpha value is -8.64. The molecule has 0 radical (unpaired) electrons. The largest absolute Gasteiger partial charge is 0.503 e. The lowest BCUT2D eigenvalue weighted by Crippen LogP contribution is -2.11. The highest BCUT2D eigenvalue weighted by atomic mass is 16.4. The summed E-state index contributed by atoms with van der Waals surface area (Å²) in [5.41, 5.74) is 5.31. The van der Waals surface area contributed by atoms with E-state index in [9.17, 15) is 51.1 Å². The molecule has 0 aromatic heterocycles. The number of hydrogen-bond donors (Lipinski definition) is 10. The van der Waals surface area contributed by atoms with Gasteiger partial charge in [0.05, 0.1) is 0 Å². The Morgan fingerprint density at radius 1 is 0.217 bits per heavy atom. The van der Waals surface area contributed by atoms with Crippen molar-refractivity contribution in [1.29, 1.82) is 0 Å². The van der Waals surface area contributed by atoms with Crippen molar-refractivity contribution in [1.82, 2.24) is 0 Å². The molecule has 298 valence electrons. The molecule has 8 rings (SSSR count). The molecule has 12 heteroatoms. The van der Waals surface area contributed by atoms with Gasteiger partial charge >= 0.3 is 0 Å². The number of hydrogen-bond acceptors (Lipinski definition) is 12. The molecule has 0 unspecified atom stereocenters. The number of nitrogens with zero attached hydrogens (tertiary/aromatic N) is 2. The maximum atomic E-state index is 11.2. The van der Waals surface area contributed by atoms with Crippen molar-refractivity contribution in [3.05, 3.63) is 158 Å². The maximum absolute atomic E-state index is 11.2. The van der Waals surface area contributed by atoms with E-state index in [2.05, 4.69) is 0 Å². The Bertz CT molecular complexity index is 2610. The van der Waals surface area contributed by atoms with E-state index in [0.717, 1.165) is 22.3 Å². The third-order valence-electron chi connectivity index (χ3n) is 10.1. The van der Waals surface area contributed by atoms with Crippen LogP contribution in [0.3, 0.4) is 0 Å². The summed E-state index contributed by atoms with van der Waals surface area (Å²) in [6.45, 7) is 0. The number of phenols is 10. The van der Waals surface area contributed by atoms with Crippen LogP contribution >= 0.6 is 0 Å². The average Bonchev–Trinajstić information content (AvgIpc) is 3.30. The summed E-state index contributed by atoms with van der Waals surface area (Å²) < 4.78 is 0. The zero-order valence-corrected chi connectivity index (χ0v) is 31.4. The quantitative estimate of drug-likeness (QED) is 0.0488. The lowest BCUT2D eigenvalue weighted by molar-refractivity contribution is 0.329. The van der Waals surface area contributed by atoms with E-state index in [4.69, 9.17) is 0 Å². The molecule has 8 aromatic carbocycles. The Morgan fingerprint density at radius 3 is 0.800 bits per heavy atom. The van der Waals surface area contributed by atoms with Crippen molar-refractivity contribution in [2.24, 2.45) is 0 Å². The van der Waals surface area contributed by atoms with Crippen molar-refractivity contribution in [2.75, 3.05) is 9.80 Å². The second-order valence-electron chi connectivity index (χ2n) is 13.8. The highest BCUT2D eigenvalue weighted by molar-refractivity contribution is 5.93. The van der Waals surface area contributed by atoms with E-state index >= 15 is 0 Å². The van der Waals surface area contributed by atoms with E-state index in [1.807, 2.05) is 84.9 Å². The summed E-state index contributed by atoms with van der Waals surface area (Å²) in [6.07, 6.45) is 0. The van der Waals surface area contributed by atoms with Crippen LogP contribution in [0.4, 0.5) is 34.1 Å². The summed E-state index contributed by atoms with van der Waals surface area (Å²) in [7, 11) is 0. The van der Waals surface area contributed by atoms with Gasteiger partial charge in [0.1, 0.15) is 11.4 Å². The Kier molecular flexibility index (Phi) is 9.79. The maximum Gasteiger partial charge on any atom is 0.208 e. The van der Waals surface area contributed by atoms with Crippen LogP contribution in [0, 0.1) is 0 Å². The van der Waals surface area contributed by atoms with Crippen LogP contribution in [0.15, 0.2) is 158 Å². The van der Waals surface area contributed by atoms with E-state index in [1.54, 1.807) is 72.8 Å². The molecule has 10 N–H and O–H groups in total. The summed E-state index contributed by atoms with van der Waals surface area (Å²) in [4.78, 5) is 2.79. The van der Waals surface area contributed by atoms with Crippen molar-refractivity contribution in [2.45, 2.75) is 0 Å². The van der Waals surface area contributed by atoms with Gasteiger partial charge in [-0.3, -0.25) is 0 Å². The number of benzene rings is 8. The first kappa shape index (κ1) is 38.2. The normalized spacial score (nSPS) is 11.0. The van der Waals surface area contributed by atoms with Gasteiger partial charge < -0.3 is 60.9 Å². The first-order valence-corrected chi connectivity index (χ1v) is 18.4. The van der Waals surface area contributed by atoms with Gasteiger partial charge in [0.25, 0.3) is 0 Å². The van der Waals surface area contributed by atoms with Gasteiger partial charge in [-0.15, -0.1) is 0 Å². The average molecular weight is 801 g/mol. The summed E-state index contributed by atoms with van der Waals surface area (Å²) in [5.74, 6) is -10.0. The van der Waals surface area contributed by atoms with Gasteiger partial charge in [-0.05, 0) is 81.9 Å². The molecule has 60 heavy (non-hydrogen) atoms. The second kappa shape index (κ2) is 15.4. The number of anilines is 6. The Labute approximate surface area is 342 Å². The predicted molar refractivity (Wildman–Crippen MR) is 229 cm³/mol. The number of rotatable bonds is 9. The van der Waals surface area contributed by atoms with Gasteiger partial charge in [-0.1, -0.05) is 109 Å². The van der Waals surface area contributed by atoms with Crippen LogP contribution in [0.1, 0.15) is 0 Å². The van der Waals surface area contributed by atoms with Gasteiger partial charge in [0.15, 0.2) is 23.0 Å². The van der Waals surface area contributed by atoms with Gasteiger partial charge in [0, 0.05) is 22.7 Å². The molecule has 0 aliphatic rings. The fourth-order valence-electron chi connectivity index (χ4n) is 7.10. The molecule has 12 nitrogen and oxygen atoms in total. The third-order valence-corrected chi connectivity index (χ3v) is 10.1. The minimum absolute atomic E-state index is 0.331. The molecule has 0 spiro atoms. The first-order chi connectivity index (χ1) is 28.9. The Morgan fingerprint density at radius 2 is 0.483 bits per heavy atom. The predicted octanol–water partition coefficient (Wildman–Crippen LogP) is 10.7. The van der Waals surface area contributed by atoms with Crippen LogP contribution < -0.4 is 9.80 Å². The molecule has 0 atom stereocenters. The van der Waals surface area contributed by atoms with Crippen LogP contribution in [-0.2, 0) is 0 Å². The summed E-state index contributed by atoms with van der Waals surface area (Å²) >= 11 is 0. The molecule has 0 saturated heterocycles. The van der Waals surface area contributed by atoms with E-state index in [0.29, 0.717) is 33.9 Å². The summed E-state index contributed by atoms with van der Waals surface area (Å²) in [5, 5.41) is 108. The molecule has 0 amide bonds. The van der Waals surface area contributed by atoms with Crippen molar-refractivity contribution in [3.63, 3.8) is 0 Å². The van der Waals surface area contributed by atoms with Crippen molar-refractivity contribution >= 4 is 34.1 Å². The molecule has 0 aliphatic carbocycles. The molecule has 0 bridgehead atoms. The zero-order valence-electron chi connectivity index (χ0n) is 31.4. The highest BCUT2D eigenvalue weighted by Gasteiger charge is 2.31. The van der Waals surface area contributed by atoms with E-state index in [1.165, 1.54) is 9.80 Å². The molecule has 8 aromatic rings. The fraction of sp³-hybridized carbons (Fsp3) is 0. The fourth-order valence-corrected chi connectivity index (χ4v) is 7.10. The summed E-state index contributed by atoms with van der Waals surface area (Å²) in [6, 6.07) is 47.0. The monoisotopic (exact) mass is 800 g/mol. The lowest BCUT2D eigenvalue weighted by atomic mass is 10.0. The van der Waals surface area contributed by atoms with Crippen LogP contribution in [0.25, 0.3) is 33.4 Å². The van der Waals surface area contributed by atoms with Gasteiger partial charge in [-0.2, -0.15) is 0 Å². The SMILES string of the molecule is Oc1c(O)c(O)c(N(c2ccc(-c3ccccc3)cc2)c2cccc(-c3cccc(N(c4ccc(-c5ccccc5)cc4)c4c(O)c(O)c(O)c(O)c4O)c3)c2)c(O)c1O. The number of phenolic OH excluding ortho intramolecular Hbond substituents is 10. The highest BCUT2D eigenvalue weighted by Crippen LogP contribution is 2.60. The first-order valence-electron chi connectivity index (χ1n) is 18.4. The van der Waals surface area contributed by atoms with Crippen LogP contribution in [0.5, 0.6) is 57.5 Å². The van der Waals surface area contributed by atoms with Crippen molar-refractivity contribution in [3.8, 4) is 90.9 Å². The molecule has 0 heterocycles. The van der Waals surface area contributed by atoms with Crippen LogP contribution in [0.2, 0.25) is 0 Å². The standard InChI is InChI=1S/C48H36N2O10/c51-39-37(40(52)44(56)47(59)43(39)55)49(33-21-17-29(18-22-33)27-9-3-1-4-10-27)35-15-7-13-31(25-35)32-14-8-16-36(26-32)50(38-41(53)45(57)48(60)46(58)42(38)54)34-23-19-30(20-24-34)28-11-5-2-6-12-28/h1-26,51-60H. The molecular weight excluding hydrogens is 765 g/mol. The molecular formula is C48H36N2O10. The van der Waals surface area contributed by atoms with Crippen molar-refractivity contribution < 1.29 is 51.1 Å². The van der Waals surface area contributed by atoms with Gasteiger partial charge in [-0.25, -0.2) is 0 Å². The van der Waals surface area contributed by atoms with E-state index in [-0.39, 0.29) is 0 Å². The topological polar surface area (TPSA) is 209 Å². The smallest absolute Gasteiger partial charge is 0.208 e. The molecule has 0 aliphatic heterocycles. The lowest BCUT2D eigenvalue weighted by Gasteiger charge is -2.29. The second-order valence-corrected chi connectivity index (χ2v) is 13.8. The molecule has 0 fully saturated rings. The molecule has 0 saturated carbocycles. The minimum Gasteiger partial charge on any atom is -0.503 e. The Balaban J connectivity index is 1.27. The van der Waals surface area contributed by atoms with E-state index < -0.39 is 68.9 Å². The van der Waals surface area contributed by atoms with Gasteiger partial charge in [0.2, 0.25) is 34.5 Å². The number of aromatic hydroxyl groups is 10. The minimum atomic E-state index is -1.11. The van der Waals surface area contributed by atoms with Crippen LogP contribution in [-0.4, -0.2) is 51.1 Å². The zero-order chi connectivity index (χ0) is 42.2.